The van der Waals surface area contributed by atoms with Crippen LogP contribution in [0.15, 0.2) is 24.4 Å². The van der Waals surface area contributed by atoms with Crippen molar-refractivity contribution < 1.29 is 14.3 Å². The molecule has 214 valence electrons. The second-order valence-corrected chi connectivity index (χ2v) is 10.9. The summed E-state index contributed by atoms with van der Waals surface area (Å²) >= 11 is 0. The highest BCUT2D eigenvalue weighted by molar-refractivity contribution is 5.77. The van der Waals surface area contributed by atoms with Gasteiger partial charge in [-0.2, -0.15) is 0 Å². The van der Waals surface area contributed by atoms with Gasteiger partial charge in [-0.3, -0.25) is 9.78 Å². The van der Waals surface area contributed by atoms with Crippen molar-refractivity contribution in [3.63, 3.8) is 0 Å². The second-order valence-electron chi connectivity index (χ2n) is 10.9. The lowest BCUT2D eigenvalue weighted by Crippen LogP contribution is -2.55. The minimum atomic E-state index is -0.140. The molecule has 4 aliphatic rings. The quantitative estimate of drug-likeness (QED) is 0.468. The first-order chi connectivity index (χ1) is 18.6. The maximum absolute atomic E-state index is 13.0. The van der Waals surface area contributed by atoms with E-state index in [2.05, 4.69) is 14.8 Å². The van der Waals surface area contributed by atoms with Crippen LogP contribution in [0.5, 0.6) is 0 Å². The monoisotopic (exact) mass is 528 g/mol. The van der Waals surface area contributed by atoms with Gasteiger partial charge in [-0.05, 0) is 94.8 Å². The Morgan fingerprint density at radius 2 is 1.76 bits per heavy atom. The van der Waals surface area contributed by atoms with Crippen molar-refractivity contribution in [1.82, 2.24) is 19.7 Å². The van der Waals surface area contributed by atoms with Crippen molar-refractivity contribution in [2.45, 2.75) is 104 Å². The van der Waals surface area contributed by atoms with E-state index in [-0.39, 0.29) is 6.09 Å². The largest absolute Gasteiger partial charge is 0.450 e. The molecule has 38 heavy (non-hydrogen) atoms. The maximum atomic E-state index is 13.0. The summed E-state index contributed by atoms with van der Waals surface area (Å²) in [6.45, 7) is 15.3. The number of pyridine rings is 1. The van der Waals surface area contributed by atoms with Gasteiger partial charge in [0.25, 0.3) is 0 Å². The van der Waals surface area contributed by atoms with Gasteiger partial charge in [-0.15, -0.1) is 0 Å². The molecule has 0 N–H and O–H groups in total. The molecule has 1 atom stereocenters. The van der Waals surface area contributed by atoms with Crippen LogP contribution in [-0.4, -0.2) is 83.1 Å². The summed E-state index contributed by atoms with van der Waals surface area (Å²) in [5.41, 5.74) is 1.34. The van der Waals surface area contributed by atoms with Gasteiger partial charge >= 0.3 is 6.09 Å². The Labute approximate surface area is 231 Å². The predicted octanol–water partition coefficient (Wildman–Crippen LogP) is 5.78. The molecule has 7 heteroatoms. The maximum Gasteiger partial charge on any atom is 0.409 e. The van der Waals surface area contributed by atoms with Gasteiger partial charge < -0.3 is 19.4 Å². The number of aromatic nitrogens is 1. The number of amides is 2. The number of rotatable bonds is 6. The summed E-state index contributed by atoms with van der Waals surface area (Å²) in [7, 11) is 0. The molecule has 0 aromatic carbocycles. The van der Waals surface area contributed by atoms with E-state index < -0.39 is 0 Å². The zero-order valence-corrected chi connectivity index (χ0v) is 24.7. The molecule has 0 radical (unpaired) electrons. The van der Waals surface area contributed by atoms with Crippen molar-refractivity contribution >= 4 is 12.0 Å². The highest BCUT2D eigenvalue weighted by Gasteiger charge is 2.51. The van der Waals surface area contributed by atoms with Crippen molar-refractivity contribution in [3.8, 4) is 0 Å². The van der Waals surface area contributed by atoms with Crippen LogP contribution in [0, 0.1) is 11.3 Å². The molecule has 4 heterocycles. The normalized spacial score (nSPS) is 27.2. The van der Waals surface area contributed by atoms with Gasteiger partial charge in [0.05, 0.1) is 6.61 Å². The van der Waals surface area contributed by atoms with Crippen LogP contribution >= 0.6 is 0 Å². The van der Waals surface area contributed by atoms with Gasteiger partial charge in [0.1, 0.15) is 0 Å². The molecule has 3 saturated heterocycles. The topological polar surface area (TPSA) is 66.0 Å². The number of nitrogens with zero attached hydrogens (tertiary/aromatic N) is 4. The third kappa shape index (κ3) is 7.28. The summed E-state index contributed by atoms with van der Waals surface area (Å²) in [4.78, 5) is 36.2. The summed E-state index contributed by atoms with van der Waals surface area (Å²) in [5.74, 6) is 0.946. The van der Waals surface area contributed by atoms with Crippen LogP contribution in [0.1, 0.15) is 91.7 Å². The van der Waals surface area contributed by atoms with Crippen LogP contribution in [0.3, 0.4) is 0 Å². The third-order valence-corrected chi connectivity index (χ3v) is 8.88. The number of ether oxygens (including phenoxy) is 1. The van der Waals surface area contributed by atoms with E-state index in [1.54, 1.807) is 6.20 Å². The van der Waals surface area contributed by atoms with E-state index in [9.17, 15) is 9.59 Å². The van der Waals surface area contributed by atoms with Crippen molar-refractivity contribution in [3.05, 3.63) is 30.1 Å². The molecule has 7 nitrogen and oxygen atoms in total. The Hall–Kier alpha value is -2.15. The predicted molar refractivity (Wildman–Crippen MR) is 153 cm³/mol. The highest BCUT2D eigenvalue weighted by Crippen LogP contribution is 2.51. The van der Waals surface area contributed by atoms with Crippen LogP contribution in [0.25, 0.3) is 0 Å². The number of carbonyl (C=O) groups is 2. The Bertz CT molecular complexity index is 850. The van der Waals surface area contributed by atoms with Crippen LogP contribution < -0.4 is 0 Å². The molecule has 1 aromatic heterocycles. The minimum absolute atomic E-state index is 0.140. The zero-order chi connectivity index (χ0) is 27.5. The summed E-state index contributed by atoms with van der Waals surface area (Å²) in [6, 6.07) is 7.02. The first kappa shape index (κ1) is 30.4. The van der Waals surface area contributed by atoms with Crippen LogP contribution in [-0.2, 0) is 16.0 Å². The molecule has 5 rings (SSSR count). The Morgan fingerprint density at radius 3 is 2.42 bits per heavy atom. The van der Waals surface area contributed by atoms with Gasteiger partial charge in [0.2, 0.25) is 5.91 Å². The summed E-state index contributed by atoms with van der Waals surface area (Å²) < 4.78 is 5.20. The fourth-order valence-corrected chi connectivity index (χ4v) is 7.02. The van der Waals surface area contributed by atoms with Crippen molar-refractivity contribution in [1.29, 1.82) is 0 Å². The molecule has 0 unspecified atom stereocenters. The van der Waals surface area contributed by atoms with E-state index in [1.165, 1.54) is 25.7 Å². The molecule has 1 aliphatic carbocycles. The summed E-state index contributed by atoms with van der Waals surface area (Å²) in [6.07, 6.45) is 11.2. The smallest absolute Gasteiger partial charge is 0.409 e. The van der Waals surface area contributed by atoms with Gasteiger partial charge in [-0.1, -0.05) is 33.8 Å². The number of piperidine rings is 1. The lowest BCUT2D eigenvalue weighted by atomic mass is 9.64. The molecule has 0 bridgehead atoms. The van der Waals surface area contributed by atoms with E-state index in [0.717, 1.165) is 64.1 Å². The highest BCUT2D eigenvalue weighted by atomic mass is 16.6. The first-order valence-electron chi connectivity index (χ1n) is 15.4. The molecule has 1 spiro atoms. The van der Waals surface area contributed by atoms with Crippen molar-refractivity contribution in [2.24, 2.45) is 11.3 Å². The van der Waals surface area contributed by atoms with E-state index >= 15 is 0 Å². The average Bonchev–Trinajstić information content (AvgIpc) is 3.63. The number of carbonyl (C=O) groups excluding carboxylic acids is 2. The number of aryl methyl sites for hydroxylation is 1. The standard InChI is InChI=1S/C27H40N4O3.2C2H6/c1-2-34-26(33)30-17-12-27(20-30)18-23(19-27)29-15-10-21(11-16-29)24-7-5-14-31(24)25(32)9-8-22-6-3-4-13-28-22;2*1-2/h3-4,6,13,21,23-24H,2,5,7-12,14-20H2,1H3;2*1-2H3/t23?,24-,27?;;/m0../s1. The Morgan fingerprint density at radius 1 is 1.03 bits per heavy atom. The Kier molecular flexibility index (Phi) is 11.9. The Balaban J connectivity index is 0.000000956. The average molecular weight is 529 g/mol. The molecule has 4 fully saturated rings. The number of hydrogen-bond donors (Lipinski definition) is 0. The lowest BCUT2D eigenvalue weighted by molar-refractivity contribution is -0.133. The summed E-state index contributed by atoms with van der Waals surface area (Å²) in [5, 5.41) is 0. The molecular formula is C31H52N4O3. The molecule has 3 aliphatic heterocycles. The minimum Gasteiger partial charge on any atom is -0.450 e. The van der Waals surface area contributed by atoms with Crippen LogP contribution in [0.2, 0.25) is 0 Å². The SMILES string of the molecule is CC.CC.CCOC(=O)N1CCC2(CC(N3CCC([C@@H]4CCCN4C(=O)CCc4ccccn4)CC3)C2)C1. The van der Waals surface area contributed by atoms with Gasteiger partial charge in [-0.25, -0.2) is 4.79 Å². The van der Waals surface area contributed by atoms with Gasteiger partial charge in [0, 0.05) is 50.0 Å². The van der Waals surface area contributed by atoms with E-state index in [0.29, 0.717) is 42.4 Å². The molecular weight excluding hydrogens is 476 g/mol. The number of likely N-dealkylation sites (tertiary alicyclic amines) is 3. The van der Waals surface area contributed by atoms with E-state index in [1.807, 2.05) is 57.7 Å². The van der Waals surface area contributed by atoms with E-state index in [4.69, 9.17) is 4.74 Å². The fourth-order valence-electron chi connectivity index (χ4n) is 7.02. The van der Waals surface area contributed by atoms with Crippen LogP contribution in [0.4, 0.5) is 4.79 Å². The fraction of sp³-hybridized carbons (Fsp3) is 0.774. The zero-order valence-electron chi connectivity index (χ0n) is 24.7. The molecule has 1 aromatic rings. The second kappa shape index (κ2) is 14.9. The van der Waals surface area contributed by atoms with Gasteiger partial charge in [0.15, 0.2) is 0 Å². The third-order valence-electron chi connectivity index (χ3n) is 8.88. The number of hydrogen-bond acceptors (Lipinski definition) is 5. The lowest BCUT2D eigenvalue weighted by Gasteiger charge is -2.52. The van der Waals surface area contributed by atoms with Crippen molar-refractivity contribution in [2.75, 3.05) is 39.3 Å². The first-order valence-corrected chi connectivity index (χ1v) is 15.4. The molecule has 2 amide bonds. The molecule has 1 saturated carbocycles.